The van der Waals surface area contributed by atoms with Gasteiger partial charge in [0.15, 0.2) is 5.79 Å². The highest BCUT2D eigenvalue weighted by Crippen LogP contribution is 2.51. The molecule has 2 spiro atoms. The highest BCUT2D eigenvalue weighted by atomic mass is 16.7. The summed E-state index contributed by atoms with van der Waals surface area (Å²) in [7, 11) is 0. The summed E-state index contributed by atoms with van der Waals surface area (Å²) < 4.78 is 16.6. The van der Waals surface area contributed by atoms with Crippen LogP contribution in [0.15, 0.2) is 0 Å². The Hall–Kier alpha value is -0.120. The third kappa shape index (κ3) is 0.873. The number of hydrogen-bond donors (Lipinski definition) is 0. The zero-order valence-corrected chi connectivity index (χ0v) is 7.17. The monoisotopic (exact) mass is 170 g/mol. The standard InChI is InChI=1S/C9H14O3/c1-2-9(11-3-4-12-9)5-8(1)6-10-7-8/h1-7H2. The van der Waals surface area contributed by atoms with Gasteiger partial charge in [-0.25, -0.2) is 0 Å². The molecule has 0 amide bonds. The van der Waals surface area contributed by atoms with Crippen LogP contribution >= 0.6 is 0 Å². The summed E-state index contributed by atoms with van der Waals surface area (Å²) in [6.45, 7) is 3.39. The van der Waals surface area contributed by atoms with Gasteiger partial charge in [-0.1, -0.05) is 0 Å². The molecule has 1 aliphatic carbocycles. The van der Waals surface area contributed by atoms with Gasteiger partial charge in [-0.15, -0.1) is 0 Å². The fourth-order valence-corrected chi connectivity index (χ4v) is 2.58. The molecule has 3 nitrogen and oxygen atoms in total. The van der Waals surface area contributed by atoms with Crippen LogP contribution in [0.25, 0.3) is 0 Å². The van der Waals surface area contributed by atoms with Crippen molar-refractivity contribution in [2.24, 2.45) is 5.41 Å². The second-order valence-electron chi connectivity index (χ2n) is 4.28. The minimum Gasteiger partial charge on any atom is -0.380 e. The van der Waals surface area contributed by atoms with Crippen LogP contribution in [-0.4, -0.2) is 32.2 Å². The molecule has 3 heteroatoms. The molecule has 3 aliphatic rings. The van der Waals surface area contributed by atoms with E-state index in [1.165, 1.54) is 6.42 Å². The lowest BCUT2D eigenvalue weighted by Crippen LogP contribution is -2.42. The van der Waals surface area contributed by atoms with Crippen molar-refractivity contribution in [2.75, 3.05) is 26.4 Å². The highest BCUT2D eigenvalue weighted by Gasteiger charge is 2.55. The van der Waals surface area contributed by atoms with E-state index >= 15 is 0 Å². The lowest BCUT2D eigenvalue weighted by atomic mass is 9.84. The van der Waals surface area contributed by atoms with Gasteiger partial charge in [0.05, 0.1) is 26.4 Å². The molecule has 68 valence electrons. The largest absolute Gasteiger partial charge is 0.380 e. The lowest BCUT2D eigenvalue weighted by molar-refractivity contribution is -0.181. The third-order valence-electron chi connectivity index (χ3n) is 3.31. The van der Waals surface area contributed by atoms with Crippen LogP contribution in [0.3, 0.4) is 0 Å². The summed E-state index contributed by atoms with van der Waals surface area (Å²) in [5.41, 5.74) is 0.421. The lowest BCUT2D eigenvalue weighted by Gasteiger charge is -2.38. The van der Waals surface area contributed by atoms with E-state index < -0.39 is 0 Å². The first-order valence-corrected chi connectivity index (χ1v) is 4.68. The molecule has 0 radical (unpaired) electrons. The van der Waals surface area contributed by atoms with E-state index in [0.717, 1.165) is 39.3 Å². The molecular weight excluding hydrogens is 156 g/mol. The van der Waals surface area contributed by atoms with E-state index in [0.29, 0.717) is 5.41 Å². The molecule has 0 aromatic rings. The van der Waals surface area contributed by atoms with Gasteiger partial charge in [-0.3, -0.25) is 0 Å². The van der Waals surface area contributed by atoms with E-state index in [2.05, 4.69) is 0 Å². The van der Waals surface area contributed by atoms with Gasteiger partial charge in [0.25, 0.3) is 0 Å². The first-order chi connectivity index (χ1) is 5.83. The average molecular weight is 170 g/mol. The first kappa shape index (κ1) is 7.30. The summed E-state index contributed by atoms with van der Waals surface area (Å²) in [5.74, 6) is -0.205. The maximum Gasteiger partial charge on any atom is 0.169 e. The Labute approximate surface area is 72.0 Å². The van der Waals surface area contributed by atoms with Crippen molar-refractivity contribution in [1.29, 1.82) is 0 Å². The Morgan fingerprint density at radius 1 is 0.917 bits per heavy atom. The van der Waals surface area contributed by atoms with Crippen LogP contribution in [-0.2, 0) is 14.2 Å². The van der Waals surface area contributed by atoms with Crippen molar-refractivity contribution in [3.63, 3.8) is 0 Å². The second kappa shape index (κ2) is 2.22. The summed E-state index contributed by atoms with van der Waals surface area (Å²) in [5, 5.41) is 0. The van der Waals surface area contributed by atoms with Gasteiger partial charge in [0, 0.05) is 18.3 Å². The van der Waals surface area contributed by atoms with Crippen LogP contribution in [0.5, 0.6) is 0 Å². The molecule has 3 fully saturated rings. The third-order valence-corrected chi connectivity index (χ3v) is 3.31. The van der Waals surface area contributed by atoms with Crippen molar-refractivity contribution in [1.82, 2.24) is 0 Å². The Morgan fingerprint density at radius 3 is 2.17 bits per heavy atom. The zero-order chi connectivity index (χ0) is 8.07. The molecule has 0 bridgehead atoms. The van der Waals surface area contributed by atoms with Gasteiger partial charge in [0.1, 0.15) is 0 Å². The average Bonchev–Trinajstić information content (AvgIpc) is 2.58. The molecule has 2 aliphatic heterocycles. The SMILES string of the molecule is C1COC2(CCC3(COC3)C2)O1. The topological polar surface area (TPSA) is 27.7 Å². The summed E-state index contributed by atoms with van der Waals surface area (Å²) >= 11 is 0. The van der Waals surface area contributed by atoms with Crippen molar-refractivity contribution < 1.29 is 14.2 Å². The van der Waals surface area contributed by atoms with Crippen molar-refractivity contribution >= 4 is 0 Å². The molecule has 12 heavy (non-hydrogen) atoms. The molecule has 0 unspecified atom stereocenters. The molecular formula is C9H14O3. The molecule has 1 saturated carbocycles. The van der Waals surface area contributed by atoms with Crippen molar-refractivity contribution in [3.8, 4) is 0 Å². The van der Waals surface area contributed by atoms with Crippen LogP contribution in [0.2, 0.25) is 0 Å². The van der Waals surface area contributed by atoms with E-state index in [9.17, 15) is 0 Å². The van der Waals surface area contributed by atoms with E-state index in [1.807, 2.05) is 0 Å². The van der Waals surface area contributed by atoms with E-state index in [-0.39, 0.29) is 5.79 Å². The summed E-state index contributed by atoms with van der Waals surface area (Å²) in [6, 6.07) is 0. The normalized spacial score (nSPS) is 36.0. The first-order valence-electron chi connectivity index (χ1n) is 4.68. The van der Waals surface area contributed by atoms with E-state index in [4.69, 9.17) is 14.2 Å². The molecule has 0 aromatic heterocycles. The molecule has 0 aromatic carbocycles. The fraction of sp³-hybridized carbons (Fsp3) is 1.00. The Morgan fingerprint density at radius 2 is 1.67 bits per heavy atom. The van der Waals surface area contributed by atoms with Gasteiger partial charge in [0.2, 0.25) is 0 Å². The van der Waals surface area contributed by atoms with Crippen LogP contribution in [0.1, 0.15) is 19.3 Å². The van der Waals surface area contributed by atoms with Crippen molar-refractivity contribution in [2.45, 2.75) is 25.0 Å². The molecule has 2 heterocycles. The fourth-order valence-electron chi connectivity index (χ4n) is 2.58. The van der Waals surface area contributed by atoms with Gasteiger partial charge in [-0.2, -0.15) is 0 Å². The molecule has 0 atom stereocenters. The smallest absolute Gasteiger partial charge is 0.169 e. The van der Waals surface area contributed by atoms with Crippen LogP contribution < -0.4 is 0 Å². The Kier molecular flexibility index (Phi) is 1.35. The van der Waals surface area contributed by atoms with Crippen LogP contribution in [0, 0.1) is 5.41 Å². The number of hydrogen-bond acceptors (Lipinski definition) is 3. The quantitative estimate of drug-likeness (QED) is 0.541. The minimum atomic E-state index is -0.205. The number of rotatable bonds is 0. The van der Waals surface area contributed by atoms with Gasteiger partial charge in [-0.05, 0) is 6.42 Å². The Balaban J connectivity index is 1.76. The summed E-state index contributed by atoms with van der Waals surface area (Å²) in [4.78, 5) is 0. The highest BCUT2D eigenvalue weighted by molar-refractivity contribution is 4.99. The second-order valence-corrected chi connectivity index (χ2v) is 4.28. The Bertz CT molecular complexity index is 192. The van der Waals surface area contributed by atoms with Crippen LogP contribution in [0.4, 0.5) is 0 Å². The molecule has 2 saturated heterocycles. The molecule has 0 N–H and O–H groups in total. The maximum atomic E-state index is 5.65. The van der Waals surface area contributed by atoms with Gasteiger partial charge < -0.3 is 14.2 Å². The zero-order valence-electron chi connectivity index (χ0n) is 7.17. The van der Waals surface area contributed by atoms with E-state index in [1.54, 1.807) is 0 Å². The predicted octanol–water partition coefficient (Wildman–Crippen LogP) is 0.930. The summed E-state index contributed by atoms with van der Waals surface area (Å²) in [6.07, 6.45) is 3.34. The molecule has 3 rings (SSSR count). The predicted molar refractivity (Wildman–Crippen MR) is 41.7 cm³/mol. The van der Waals surface area contributed by atoms with Gasteiger partial charge >= 0.3 is 0 Å². The maximum absolute atomic E-state index is 5.65. The minimum absolute atomic E-state index is 0.205. The van der Waals surface area contributed by atoms with Crippen molar-refractivity contribution in [3.05, 3.63) is 0 Å². The number of ether oxygens (including phenoxy) is 3.